The highest BCUT2D eigenvalue weighted by atomic mass is 33.2. The summed E-state index contributed by atoms with van der Waals surface area (Å²) in [6, 6.07) is 0. The van der Waals surface area contributed by atoms with E-state index >= 15 is 0 Å². The lowest BCUT2D eigenvalue weighted by Gasteiger charge is -2.24. The van der Waals surface area contributed by atoms with Crippen LogP contribution in [0.15, 0.2) is 0 Å². The van der Waals surface area contributed by atoms with Crippen molar-refractivity contribution in [2.45, 2.75) is 91.9 Å². The first kappa shape index (κ1) is 25.8. The van der Waals surface area contributed by atoms with E-state index in [1.54, 1.807) is 20.8 Å². The van der Waals surface area contributed by atoms with Crippen LogP contribution in [0.2, 0.25) is 0 Å². The highest BCUT2D eigenvalue weighted by Crippen LogP contribution is 2.17. The molecule has 26 heavy (non-hydrogen) atoms. The zero-order valence-electron chi connectivity index (χ0n) is 17.2. The molecule has 0 fully saturated rings. The molecule has 0 aliphatic heterocycles. The molecule has 0 aliphatic rings. The van der Waals surface area contributed by atoms with Crippen molar-refractivity contribution >= 4 is 18.1 Å². The van der Waals surface area contributed by atoms with Gasteiger partial charge < -0.3 is 0 Å². The van der Waals surface area contributed by atoms with Crippen molar-refractivity contribution in [3.63, 3.8) is 0 Å². The topological polar surface area (TPSA) is 74.8 Å². The van der Waals surface area contributed by atoms with Crippen LogP contribution in [-0.4, -0.2) is 51.6 Å². The van der Waals surface area contributed by atoms with Gasteiger partial charge in [0.2, 0.25) is 0 Å². The van der Waals surface area contributed by atoms with Crippen LogP contribution in [0.3, 0.4) is 0 Å². The molecule has 0 amide bonds. The minimum atomic E-state index is -4.35. The highest BCUT2D eigenvalue weighted by Gasteiger charge is 2.39. The Morgan fingerprint density at radius 3 is 1.23 bits per heavy atom. The third-order valence-electron chi connectivity index (χ3n) is 4.72. The summed E-state index contributed by atoms with van der Waals surface area (Å²) in [6.45, 7) is 7.97. The molecule has 0 N–H and O–H groups in total. The SMILES string of the molecule is CCCCCCCCCCCCN(CC)S(=O)(=O)S(=O)(=O)N(CC)CC. The molecule has 0 unspecified atom stereocenters. The van der Waals surface area contributed by atoms with E-state index in [9.17, 15) is 16.8 Å². The fraction of sp³-hybridized carbons (Fsp3) is 1.00. The maximum Gasteiger partial charge on any atom is 0.333 e. The van der Waals surface area contributed by atoms with Gasteiger partial charge in [0.05, 0.1) is 0 Å². The summed E-state index contributed by atoms with van der Waals surface area (Å²) in [7, 11) is -8.70. The van der Waals surface area contributed by atoms with Crippen molar-refractivity contribution in [1.82, 2.24) is 8.61 Å². The van der Waals surface area contributed by atoms with E-state index < -0.39 is 18.1 Å². The van der Waals surface area contributed by atoms with Gasteiger partial charge in [-0.1, -0.05) is 85.5 Å². The molecule has 0 bridgehead atoms. The summed E-state index contributed by atoms with van der Waals surface area (Å²) >= 11 is 0. The maximum atomic E-state index is 12.5. The molecule has 0 spiro atoms. The third-order valence-corrected chi connectivity index (χ3v) is 10.3. The lowest BCUT2D eigenvalue weighted by molar-refractivity contribution is 0.407. The fourth-order valence-corrected chi connectivity index (χ4v) is 7.61. The molecule has 0 aromatic carbocycles. The smallest absolute Gasteiger partial charge is 0.194 e. The maximum absolute atomic E-state index is 12.5. The van der Waals surface area contributed by atoms with E-state index in [2.05, 4.69) is 6.92 Å². The van der Waals surface area contributed by atoms with Gasteiger partial charge in [-0.25, -0.2) is 0 Å². The Morgan fingerprint density at radius 2 is 0.846 bits per heavy atom. The molecule has 0 heterocycles. The zero-order chi connectivity index (χ0) is 20.1. The first-order chi connectivity index (χ1) is 12.3. The Morgan fingerprint density at radius 1 is 0.500 bits per heavy atom. The van der Waals surface area contributed by atoms with Crippen molar-refractivity contribution in [2.24, 2.45) is 0 Å². The molecule has 0 saturated carbocycles. The second-order valence-electron chi connectivity index (χ2n) is 6.67. The Hall–Kier alpha value is -0.180. The van der Waals surface area contributed by atoms with E-state index in [1.165, 1.54) is 44.9 Å². The molecule has 0 rings (SSSR count). The van der Waals surface area contributed by atoms with Gasteiger partial charge in [-0.3, -0.25) is 0 Å². The fourth-order valence-electron chi connectivity index (χ4n) is 3.01. The van der Waals surface area contributed by atoms with E-state index in [1.807, 2.05) is 0 Å². The van der Waals surface area contributed by atoms with Crippen LogP contribution in [0.1, 0.15) is 91.9 Å². The molecule has 6 nitrogen and oxygen atoms in total. The van der Waals surface area contributed by atoms with Crippen LogP contribution in [0.25, 0.3) is 0 Å². The van der Waals surface area contributed by atoms with Gasteiger partial charge in [-0.05, 0) is 6.42 Å². The first-order valence-corrected chi connectivity index (χ1v) is 13.7. The summed E-state index contributed by atoms with van der Waals surface area (Å²) in [5.74, 6) is 0. The second-order valence-corrected chi connectivity index (χ2v) is 11.9. The van der Waals surface area contributed by atoms with Gasteiger partial charge in [0.15, 0.2) is 0 Å². The number of nitrogens with zero attached hydrogens (tertiary/aromatic N) is 2. The van der Waals surface area contributed by atoms with Gasteiger partial charge >= 0.3 is 18.1 Å². The number of hydrogen-bond donors (Lipinski definition) is 0. The average molecular weight is 413 g/mol. The van der Waals surface area contributed by atoms with Crippen molar-refractivity contribution in [2.75, 3.05) is 26.2 Å². The summed E-state index contributed by atoms with van der Waals surface area (Å²) < 4.78 is 52.0. The molecule has 0 radical (unpaired) electrons. The van der Waals surface area contributed by atoms with Crippen LogP contribution in [0.4, 0.5) is 0 Å². The van der Waals surface area contributed by atoms with Gasteiger partial charge in [0.1, 0.15) is 0 Å². The molecule has 0 aliphatic carbocycles. The molecular formula is C18H40N2O4S2. The predicted molar refractivity (Wildman–Crippen MR) is 110 cm³/mol. The van der Waals surface area contributed by atoms with Gasteiger partial charge in [-0.15, -0.1) is 0 Å². The van der Waals surface area contributed by atoms with Crippen molar-refractivity contribution in [1.29, 1.82) is 0 Å². The first-order valence-electron chi connectivity index (χ1n) is 10.3. The van der Waals surface area contributed by atoms with E-state index in [-0.39, 0.29) is 26.2 Å². The van der Waals surface area contributed by atoms with Gasteiger partial charge in [-0.2, -0.15) is 25.4 Å². The van der Waals surface area contributed by atoms with Crippen LogP contribution < -0.4 is 0 Å². The minimum absolute atomic E-state index is 0.161. The van der Waals surface area contributed by atoms with Crippen molar-refractivity contribution in [3.8, 4) is 0 Å². The lowest BCUT2D eigenvalue weighted by atomic mass is 10.1. The van der Waals surface area contributed by atoms with Crippen molar-refractivity contribution in [3.05, 3.63) is 0 Å². The number of unbranched alkanes of at least 4 members (excludes halogenated alkanes) is 9. The van der Waals surface area contributed by atoms with Crippen LogP contribution in [-0.2, 0) is 18.1 Å². The number of rotatable bonds is 17. The Labute approximate surface area is 161 Å². The summed E-state index contributed by atoms with van der Waals surface area (Å²) in [5.41, 5.74) is 0. The molecule has 0 aromatic heterocycles. The minimum Gasteiger partial charge on any atom is -0.194 e. The molecule has 158 valence electrons. The molecule has 0 saturated heterocycles. The van der Waals surface area contributed by atoms with Gasteiger partial charge in [0, 0.05) is 26.2 Å². The Balaban J connectivity index is 4.30. The molecule has 0 aromatic rings. The highest BCUT2D eigenvalue weighted by molar-refractivity contribution is 8.65. The predicted octanol–water partition coefficient (Wildman–Crippen LogP) is 4.15. The van der Waals surface area contributed by atoms with Gasteiger partial charge in [0.25, 0.3) is 0 Å². The summed E-state index contributed by atoms with van der Waals surface area (Å²) in [4.78, 5) is 0. The standard InChI is InChI=1S/C18H40N2O4S2/c1-5-9-10-11-12-13-14-15-16-17-18-20(8-4)26(23,24)25(21,22)19(6-2)7-3/h5-18H2,1-4H3. The zero-order valence-corrected chi connectivity index (χ0v) is 18.9. The van der Waals surface area contributed by atoms with Crippen LogP contribution >= 0.6 is 0 Å². The molecular weight excluding hydrogens is 372 g/mol. The quantitative estimate of drug-likeness (QED) is 0.266. The van der Waals surface area contributed by atoms with E-state index in [4.69, 9.17) is 0 Å². The normalized spacial score (nSPS) is 13.0. The summed E-state index contributed by atoms with van der Waals surface area (Å²) in [6.07, 6.45) is 11.6. The van der Waals surface area contributed by atoms with E-state index in [0.29, 0.717) is 6.42 Å². The average Bonchev–Trinajstić information content (AvgIpc) is 2.60. The largest absolute Gasteiger partial charge is 0.333 e. The van der Waals surface area contributed by atoms with Crippen molar-refractivity contribution < 1.29 is 16.8 Å². The third kappa shape index (κ3) is 8.23. The Kier molecular flexibility index (Phi) is 13.8. The lowest BCUT2D eigenvalue weighted by Crippen LogP contribution is -2.44. The van der Waals surface area contributed by atoms with Crippen LogP contribution in [0, 0.1) is 0 Å². The second kappa shape index (κ2) is 13.9. The monoisotopic (exact) mass is 412 g/mol. The molecule has 0 atom stereocenters. The van der Waals surface area contributed by atoms with Crippen LogP contribution in [0.5, 0.6) is 0 Å². The van der Waals surface area contributed by atoms with E-state index in [0.717, 1.165) is 21.5 Å². The molecule has 8 heteroatoms. The summed E-state index contributed by atoms with van der Waals surface area (Å²) in [5, 5.41) is 0. The number of hydrogen-bond acceptors (Lipinski definition) is 4. The Bertz CT molecular complexity index is 544.